The SMILES string of the molecule is CN(C)C(=O)[C@@H]1C[C@@H](O)CN1C1CCN(Cc2ccco2)CC1. The van der Waals surface area contributed by atoms with Crippen LogP contribution in [-0.2, 0) is 11.3 Å². The number of furan rings is 1. The topological polar surface area (TPSA) is 60.2 Å². The van der Waals surface area contributed by atoms with Crippen molar-refractivity contribution in [3.8, 4) is 0 Å². The number of likely N-dealkylation sites (N-methyl/N-ethyl adjacent to an activating group) is 1. The number of nitrogens with zero attached hydrogens (tertiary/aromatic N) is 3. The van der Waals surface area contributed by atoms with Gasteiger partial charge in [0.15, 0.2) is 0 Å². The Morgan fingerprint density at radius 3 is 2.74 bits per heavy atom. The van der Waals surface area contributed by atoms with Gasteiger partial charge in [-0.2, -0.15) is 0 Å². The summed E-state index contributed by atoms with van der Waals surface area (Å²) in [4.78, 5) is 18.6. The van der Waals surface area contributed by atoms with E-state index in [4.69, 9.17) is 4.42 Å². The Morgan fingerprint density at radius 1 is 1.39 bits per heavy atom. The molecule has 0 unspecified atom stereocenters. The Hall–Kier alpha value is -1.37. The number of rotatable bonds is 4. The molecule has 3 rings (SSSR count). The minimum absolute atomic E-state index is 0.111. The van der Waals surface area contributed by atoms with Crippen LogP contribution in [0, 0.1) is 0 Å². The summed E-state index contributed by atoms with van der Waals surface area (Å²) in [5, 5.41) is 10.0. The molecule has 3 heterocycles. The summed E-state index contributed by atoms with van der Waals surface area (Å²) in [5.74, 6) is 1.11. The van der Waals surface area contributed by atoms with Gasteiger partial charge in [0.1, 0.15) is 5.76 Å². The molecule has 2 aliphatic heterocycles. The normalized spacial score (nSPS) is 27.4. The molecule has 0 radical (unpaired) electrons. The summed E-state index contributed by atoms with van der Waals surface area (Å²) in [6.07, 6.45) is 3.95. The van der Waals surface area contributed by atoms with Crippen LogP contribution in [0.4, 0.5) is 0 Å². The molecule has 128 valence electrons. The van der Waals surface area contributed by atoms with E-state index in [0.29, 0.717) is 19.0 Å². The average Bonchev–Trinajstić information content (AvgIpc) is 3.17. The Kier molecular flexibility index (Phi) is 5.04. The Balaban J connectivity index is 1.56. The first kappa shape index (κ1) is 16.5. The van der Waals surface area contributed by atoms with Crippen molar-refractivity contribution in [1.82, 2.24) is 14.7 Å². The number of hydrogen-bond donors (Lipinski definition) is 1. The predicted octanol–water partition coefficient (Wildman–Crippen LogP) is 0.767. The Bertz CT molecular complexity index is 509. The minimum Gasteiger partial charge on any atom is -0.468 e. The second-order valence-corrected chi connectivity index (χ2v) is 6.92. The van der Waals surface area contributed by atoms with Crippen LogP contribution in [0.2, 0.25) is 0 Å². The van der Waals surface area contributed by atoms with Crippen LogP contribution in [0.3, 0.4) is 0 Å². The van der Waals surface area contributed by atoms with Gasteiger partial charge in [-0.1, -0.05) is 0 Å². The molecule has 1 amide bonds. The predicted molar refractivity (Wildman–Crippen MR) is 86.8 cm³/mol. The summed E-state index contributed by atoms with van der Waals surface area (Å²) < 4.78 is 5.42. The Morgan fingerprint density at radius 2 is 2.13 bits per heavy atom. The highest BCUT2D eigenvalue weighted by atomic mass is 16.3. The maximum absolute atomic E-state index is 12.4. The molecule has 1 aromatic rings. The highest BCUT2D eigenvalue weighted by Gasteiger charge is 2.41. The van der Waals surface area contributed by atoms with E-state index >= 15 is 0 Å². The van der Waals surface area contributed by atoms with Crippen LogP contribution in [0.1, 0.15) is 25.0 Å². The molecule has 1 aromatic heterocycles. The van der Waals surface area contributed by atoms with E-state index in [1.54, 1.807) is 25.3 Å². The molecular formula is C17H27N3O3. The van der Waals surface area contributed by atoms with Gasteiger partial charge in [-0.3, -0.25) is 14.6 Å². The molecule has 0 bridgehead atoms. The van der Waals surface area contributed by atoms with Gasteiger partial charge in [-0.05, 0) is 31.4 Å². The molecular weight excluding hydrogens is 294 g/mol. The summed E-state index contributed by atoms with van der Waals surface area (Å²) in [7, 11) is 3.58. The lowest BCUT2D eigenvalue weighted by Gasteiger charge is -2.39. The third-order valence-corrected chi connectivity index (χ3v) is 5.03. The lowest BCUT2D eigenvalue weighted by Crippen LogP contribution is -2.51. The first-order valence-corrected chi connectivity index (χ1v) is 8.44. The van der Waals surface area contributed by atoms with Crippen molar-refractivity contribution in [1.29, 1.82) is 0 Å². The summed E-state index contributed by atoms with van der Waals surface area (Å²) in [5.41, 5.74) is 0. The van der Waals surface area contributed by atoms with Crippen LogP contribution >= 0.6 is 0 Å². The van der Waals surface area contributed by atoms with Gasteiger partial charge in [0.05, 0.1) is 25.0 Å². The van der Waals surface area contributed by atoms with Crippen molar-refractivity contribution >= 4 is 5.91 Å². The van der Waals surface area contributed by atoms with E-state index in [0.717, 1.165) is 38.2 Å². The molecule has 0 spiro atoms. The second-order valence-electron chi connectivity index (χ2n) is 6.92. The van der Waals surface area contributed by atoms with Gasteiger partial charge in [0.25, 0.3) is 0 Å². The van der Waals surface area contributed by atoms with Crippen LogP contribution in [-0.4, -0.2) is 77.6 Å². The quantitative estimate of drug-likeness (QED) is 0.887. The minimum atomic E-state index is -0.384. The molecule has 2 fully saturated rings. The molecule has 2 atom stereocenters. The maximum atomic E-state index is 12.4. The number of aliphatic hydroxyl groups is 1. The fraction of sp³-hybridized carbons (Fsp3) is 0.706. The lowest BCUT2D eigenvalue weighted by atomic mass is 10.0. The van der Waals surface area contributed by atoms with Crippen molar-refractivity contribution in [2.24, 2.45) is 0 Å². The number of hydrogen-bond acceptors (Lipinski definition) is 5. The molecule has 1 N–H and O–H groups in total. The van der Waals surface area contributed by atoms with Gasteiger partial charge >= 0.3 is 0 Å². The number of piperidine rings is 1. The zero-order valence-electron chi connectivity index (χ0n) is 14.0. The average molecular weight is 321 g/mol. The van der Waals surface area contributed by atoms with Crippen LogP contribution in [0.5, 0.6) is 0 Å². The molecule has 6 heteroatoms. The van der Waals surface area contributed by atoms with Crippen molar-refractivity contribution < 1.29 is 14.3 Å². The first-order chi connectivity index (χ1) is 11.0. The fourth-order valence-corrected chi connectivity index (χ4v) is 3.81. The summed E-state index contributed by atoms with van der Waals surface area (Å²) in [6.45, 7) is 3.47. The molecule has 23 heavy (non-hydrogen) atoms. The number of aliphatic hydroxyl groups excluding tert-OH is 1. The largest absolute Gasteiger partial charge is 0.468 e. The number of amides is 1. The van der Waals surface area contributed by atoms with E-state index in [2.05, 4.69) is 9.80 Å². The zero-order valence-corrected chi connectivity index (χ0v) is 14.0. The standard InChI is InChI=1S/C17H27N3O3/c1-18(2)17(22)16-10-14(21)11-20(16)13-5-7-19(8-6-13)12-15-4-3-9-23-15/h3-4,9,13-14,16,21H,5-8,10-12H2,1-2H3/t14-,16+/m1/s1. The number of likely N-dealkylation sites (tertiary alicyclic amines) is 2. The Labute approximate surface area is 137 Å². The maximum Gasteiger partial charge on any atom is 0.239 e. The van der Waals surface area contributed by atoms with Crippen LogP contribution in [0.25, 0.3) is 0 Å². The number of carbonyl (C=O) groups is 1. The second kappa shape index (κ2) is 7.03. The van der Waals surface area contributed by atoms with E-state index in [9.17, 15) is 9.90 Å². The zero-order chi connectivity index (χ0) is 16.4. The molecule has 0 aliphatic carbocycles. The fourth-order valence-electron chi connectivity index (χ4n) is 3.81. The third kappa shape index (κ3) is 3.76. The van der Waals surface area contributed by atoms with Crippen LogP contribution in [0.15, 0.2) is 22.8 Å². The van der Waals surface area contributed by atoms with Crippen molar-refractivity contribution in [2.75, 3.05) is 33.7 Å². The highest BCUT2D eigenvalue weighted by molar-refractivity contribution is 5.81. The lowest BCUT2D eigenvalue weighted by molar-refractivity contribution is -0.134. The molecule has 6 nitrogen and oxygen atoms in total. The van der Waals surface area contributed by atoms with Gasteiger partial charge in [0, 0.05) is 39.8 Å². The molecule has 2 saturated heterocycles. The van der Waals surface area contributed by atoms with Gasteiger partial charge in [-0.15, -0.1) is 0 Å². The van der Waals surface area contributed by atoms with E-state index in [-0.39, 0.29) is 18.1 Å². The number of carbonyl (C=O) groups excluding carboxylic acids is 1. The first-order valence-electron chi connectivity index (χ1n) is 8.44. The van der Waals surface area contributed by atoms with Gasteiger partial charge in [-0.25, -0.2) is 0 Å². The van der Waals surface area contributed by atoms with Gasteiger partial charge in [0.2, 0.25) is 5.91 Å². The third-order valence-electron chi connectivity index (χ3n) is 5.03. The van der Waals surface area contributed by atoms with E-state index in [1.807, 2.05) is 12.1 Å². The number of β-amino-alcohol motifs (C(OH)–C–C–N with tert-alkyl or cyclic N) is 1. The van der Waals surface area contributed by atoms with E-state index in [1.165, 1.54) is 0 Å². The summed E-state index contributed by atoms with van der Waals surface area (Å²) in [6, 6.07) is 4.15. The van der Waals surface area contributed by atoms with Crippen LogP contribution < -0.4 is 0 Å². The van der Waals surface area contributed by atoms with Crippen molar-refractivity contribution in [3.63, 3.8) is 0 Å². The van der Waals surface area contributed by atoms with Gasteiger partial charge < -0.3 is 14.4 Å². The van der Waals surface area contributed by atoms with E-state index < -0.39 is 0 Å². The molecule has 0 aromatic carbocycles. The van der Waals surface area contributed by atoms with Crippen molar-refractivity contribution in [2.45, 2.75) is 44.0 Å². The smallest absolute Gasteiger partial charge is 0.239 e. The van der Waals surface area contributed by atoms with Crippen molar-refractivity contribution in [3.05, 3.63) is 24.2 Å². The highest BCUT2D eigenvalue weighted by Crippen LogP contribution is 2.27. The molecule has 2 aliphatic rings. The summed E-state index contributed by atoms with van der Waals surface area (Å²) >= 11 is 0. The monoisotopic (exact) mass is 321 g/mol. The molecule has 0 saturated carbocycles.